The van der Waals surface area contributed by atoms with Crippen LogP contribution in [0.3, 0.4) is 0 Å². The van der Waals surface area contributed by atoms with Crippen molar-refractivity contribution < 1.29 is 45.4 Å². The molecule has 8 nitrogen and oxygen atoms in total. The van der Waals surface area contributed by atoms with Crippen molar-refractivity contribution in [2.24, 2.45) is 0 Å². The first-order chi connectivity index (χ1) is 19.4. The Kier molecular flexibility index (Phi) is 9.78. The van der Waals surface area contributed by atoms with Gasteiger partial charge in [-0.15, -0.1) is 0 Å². The largest absolute Gasteiger partial charge is 0.453 e. The van der Waals surface area contributed by atoms with Gasteiger partial charge in [-0.25, -0.2) is 14.6 Å². The second-order valence-corrected chi connectivity index (χ2v) is 11.4. The SMILES string of the molecule is CCC1CC(N(Cc2cc(C(F)(F)F)cc(C(F)(F)F)c2)C(=O)OC)CC(C(C)c2ncc[nH]2)N1C(=O)OC(C)(C)C. The van der Waals surface area contributed by atoms with E-state index in [0.717, 1.165) is 12.0 Å². The molecule has 1 aliphatic rings. The third kappa shape index (κ3) is 7.88. The Labute approximate surface area is 240 Å². The van der Waals surface area contributed by atoms with Crippen LogP contribution in [0.5, 0.6) is 0 Å². The number of likely N-dealkylation sites (tertiary alicyclic amines) is 1. The molecule has 1 aliphatic heterocycles. The number of alkyl halides is 6. The molecule has 2 heterocycles. The summed E-state index contributed by atoms with van der Waals surface area (Å²) in [6, 6.07) is -0.524. The lowest BCUT2D eigenvalue weighted by Crippen LogP contribution is -2.59. The van der Waals surface area contributed by atoms with Gasteiger partial charge >= 0.3 is 24.5 Å². The second-order valence-electron chi connectivity index (χ2n) is 11.4. The Morgan fingerprint density at radius 3 is 2.12 bits per heavy atom. The maximum absolute atomic E-state index is 13.5. The molecule has 0 aliphatic carbocycles. The van der Waals surface area contributed by atoms with E-state index in [1.165, 1.54) is 0 Å². The monoisotopic (exact) mass is 606 g/mol. The third-order valence-electron chi connectivity index (χ3n) is 7.26. The number of piperidine rings is 1. The molecule has 1 fully saturated rings. The smallest absolute Gasteiger partial charge is 0.416 e. The number of nitrogens with zero attached hydrogens (tertiary/aromatic N) is 3. The molecule has 42 heavy (non-hydrogen) atoms. The molecule has 0 bridgehead atoms. The summed E-state index contributed by atoms with van der Waals surface area (Å²) in [6.45, 7) is 8.28. The number of carbonyl (C=O) groups excluding carboxylic acids is 2. The van der Waals surface area contributed by atoms with Gasteiger partial charge in [0.2, 0.25) is 0 Å². The van der Waals surface area contributed by atoms with E-state index in [4.69, 9.17) is 9.47 Å². The molecule has 14 heteroatoms. The number of hydrogen-bond acceptors (Lipinski definition) is 5. The zero-order valence-electron chi connectivity index (χ0n) is 24.3. The van der Waals surface area contributed by atoms with Gasteiger partial charge in [0.15, 0.2) is 0 Å². The Morgan fingerprint density at radius 2 is 1.67 bits per heavy atom. The third-order valence-corrected chi connectivity index (χ3v) is 7.26. The molecule has 1 aromatic carbocycles. The van der Waals surface area contributed by atoms with E-state index in [-0.39, 0.29) is 24.5 Å². The van der Waals surface area contributed by atoms with Gasteiger partial charge in [-0.3, -0.25) is 0 Å². The summed E-state index contributed by atoms with van der Waals surface area (Å²) in [5.41, 5.74) is -4.12. The topological polar surface area (TPSA) is 87.8 Å². The molecule has 4 atom stereocenters. The van der Waals surface area contributed by atoms with Crippen LogP contribution in [-0.4, -0.2) is 62.8 Å². The molecule has 0 saturated carbocycles. The molecule has 2 amide bonds. The van der Waals surface area contributed by atoms with Crippen LogP contribution < -0.4 is 0 Å². The van der Waals surface area contributed by atoms with Crippen molar-refractivity contribution in [2.45, 2.75) is 102 Å². The van der Waals surface area contributed by atoms with Gasteiger partial charge in [0, 0.05) is 43.0 Å². The Morgan fingerprint density at radius 1 is 1.07 bits per heavy atom. The highest BCUT2D eigenvalue weighted by atomic mass is 19.4. The van der Waals surface area contributed by atoms with Crippen molar-refractivity contribution in [3.05, 3.63) is 53.1 Å². The van der Waals surface area contributed by atoms with E-state index in [9.17, 15) is 35.9 Å². The number of aromatic nitrogens is 2. The number of amides is 2. The molecule has 0 radical (unpaired) electrons. The van der Waals surface area contributed by atoms with Crippen molar-refractivity contribution in [1.29, 1.82) is 0 Å². The van der Waals surface area contributed by atoms with Crippen LogP contribution in [0.4, 0.5) is 35.9 Å². The molecule has 2 aromatic rings. The average molecular weight is 607 g/mol. The van der Waals surface area contributed by atoms with Crippen molar-refractivity contribution >= 4 is 12.2 Å². The van der Waals surface area contributed by atoms with Crippen molar-refractivity contribution in [1.82, 2.24) is 19.8 Å². The number of halogens is 6. The highest BCUT2D eigenvalue weighted by molar-refractivity contribution is 5.70. The molecule has 234 valence electrons. The summed E-state index contributed by atoms with van der Waals surface area (Å²) < 4.78 is 91.8. The van der Waals surface area contributed by atoms with E-state index in [1.807, 2.05) is 13.8 Å². The number of rotatable bonds is 6. The van der Waals surface area contributed by atoms with E-state index in [2.05, 4.69) is 9.97 Å². The van der Waals surface area contributed by atoms with Gasteiger partial charge < -0.3 is 24.3 Å². The highest BCUT2D eigenvalue weighted by Crippen LogP contribution is 2.39. The number of hydrogen-bond donors (Lipinski definition) is 1. The Bertz CT molecular complexity index is 1190. The standard InChI is InChI=1S/C28H36F6N4O4/c1-7-20-13-21(14-22(16(2)23-35-8-9-36-23)38(20)25(40)42-26(3,4)5)37(24(39)41-6)15-17-10-18(27(29,30)31)12-19(11-17)28(32,33)34/h8-12,16,20-22H,7,13-15H2,1-6H3,(H,35,36). The fraction of sp³-hybridized carbons (Fsp3) is 0.607. The van der Waals surface area contributed by atoms with E-state index in [0.29, 0.717) is 24.4 Å². The Hall–Kier alpha value is -3.45. The number of methoxy groups -OCH3 is 1. The van der Waals surface area contributed by atoms with Crippen LogP contribution in [0.1, 0.15) is 82.3 Å². The first-order valence-corrected chi connectivity index (χ1v) is 13.5. The molecular weight excluding hydrogens is 570 g/mol. The zero-order valence-corrected chi connectivity index (χ0v) is 24.3. The number of aromatic amines is 1. The normalized spacial score (nSPS) is 20.7. The number of nitrogens with one attached hydrogen (secondary N) is 1. The molecule has 0 spiro atoms. The van der Waals surface area contributed by atoms with Crippen LogP contribution in [0.15, 0.2) is 30.6 Å². The van der Waals surface area contributed by atoms with Crippen molar-refractivity contribution in [2.75, 3.05) is 7.11 Å². The lowest BCUT2D eigenvalue weighted by molar-refractivity contribution is -0.143. The first kappa shape index (κ1) is 33.1. The summed E-state index contributed by atoms with van der Waals surface area (Å²) in [6.07, 6.45) is -7.64. The molecule has 1 saturated heterocycles. The molecule has 4 unspecified atom stereocenters. The maximum atomic E-state index is 13.5. The van der Waals surface area contributed by atoms with Crippen LogP contribution in [0.2, 0.25) is 0 Å². The molecule has 1 aromatic heterocycles. The van der Waals surface area contributed by atoms with Gasteiger partial charge in [0.25, 0.3) is 0 Å². The average Bonchev–Trinajstić information content (AvgIpc) is 3.43. The number of imidazole rings is 1. The van der Waals surface area contributed by atoms with Gasteiger partial charge in [-0.2, -0.15) is 26.3 Å². The summed E-state index contributed by atoms with van der Waals surface area (Å²) in [4.78, 5) is 36.5. The number of ether oxygens (including phenoxy) is 2. The molecular formula is C28H36F6N4O4. The minimum atomic E-state index is -5.04. The predicted octanol–water partition coefficient (Wildman–Crippen LogP) is 7.37. The van der Waals surface area contributed by atoms with Gasteiger partial charge in [-0.1, -0.05) is 13.8 Å². The van der Waals surface area contributed by atoms with Crippen LogP contribution in [0, 0.1) is 0 Å². The number of H-pyrrole nitrogens is 1. The number of carbonyl (C=O) groups is 2. The molecule has 1 N–H and O–H groups in total. The fourth-order valence-corrected chi connectivity index (χ4v) is 5.32. The van der Waals surface area contributed by atoms with Gasteiger partial charge in [0.05, 0.1) is 18.2 Å². The van der Waals surface area contributed by atoms with Crippen LogP contribution >= 0.6 is 0 Å². The van der Waals surface area contributed by atoms with Crippen LogP contribution in [-0.2, 0) is 28.4 Å². The lowest BCUT2D eigenvalue weighted by Gasteiger charge is -2.49. The second kappa shape index (κ2) is 12.4. The quantitative estimate of drug-likeness (QED) is 0.347. The van der Waals surface area contributed by atoms with E-state index < -0.39 is 71.9 Å². The summed E-state index contributed by atoms with van der Waals surface area (Å²) in [7, 11) is 1.08. The Balaban J connectivity index is 2.06. The number of benzene rings is 1. The first-order valence-electron chi connectivity index (χ1n) is 13.5. The van der Waals surface area contributed by atoms with Gasteiger partial charge in [-0.05, 0) is 63.8 Å². The van der Waals surface area contributed by atoms with Crippen molar-refractivity contribution in [3.8, 4) is 0 Å². The van der Waals surface area contributed by atoms with Crippen LogP contribution in [0.25, 0.3) is 0 Å². The predicted molar refractivity (Wildman–Crippen MR) is 140 cm³/mol. The lowest BCUT2D eigenvalue weighted by atomic mass is 9.83. The minimum Gasteiger partial charge on any atom is -0.453 e. The maximum Gasteiger partial charge on any atom is 0.416 e. The van der Waals surface area contributed by atoms with E-state index in [1.54, 1.807) is 38.1 Å². The molecule has 3 rings (SSSR count). The van der Waals surface area contributed by atoms with Gasteiger partial charge in [0.1, 0.15) is 11.4 Å². The van der Waals surface area contributed by atoms with Crippen molar-refractivity contribution in [3.63, 3.8) is 0 Å². The van der Waals surface area contributed by atoms with E-state index >= 15 is 0 Å². The summed E-state index contributed by atoms with van der Waals surface area (Å²) >= 11 is 0. The summed E-state index contributed by atoms with van der Waals surface area (Å²) in [5.74, 6) is 0.163. The minimum absolute atomic E-state index is 0.0412. The zero-order chi connectivity index (χ0) is 31.6. The highest BCUT2D eigenvalue weighted by Gasteiger charge is 2.46. The fourth-order valence-electron chi connectivity index (χ4n) is 5.32. The summed E-state index contributed by atoms with van der Waals surface area (Å²) in [5, 5.41) is 0.